The first-order valence-electron chi connectivity index (χ1n) is 6.63. The van der Waals surface area contributed by atoms with E-state index in [-0.39, 0.29) is 11.0 Å². The molecule has 0 atom stereocenters. The van der Waals surface area contributed by atoms with E-state index in [9.17, 15) is 4.79 Å². The van der Waals surface area contributed by atoms with Crippen molar-refractivity contribution in [2.24, 2.45) is 0 Å². The Hall–Kier alpha value is -1.71. The largest absolute Gasteiger partial charge is 0.276 e. The van der Waals surface area contributed by atoms with Gasteiger partial charge in [-0.25, -0.2) is 4.52 Å². The number of nitrogens with zero attached hydrogens (tertiary/aromatic N) is 3. The summed E-state index contributed by atoms with van der Waals surface area (Å²) in [7, 11) is 0. The van der Waals surface area contributed by atoms with Crippen molar-refractivity contribution in [1.29, 1.82) is 0 Å². The number of fused-ring (bicyclic) bond motifs is 1. The summed E-state index contributed by atoms with van der Waals surface area (Å²) in [6.45, 7) is 17.9. The van der Waals surface area contributed by atoms with Crippen molar-refractivity contribution < 1.29 is 0 Å². The topological polar surface area (TPSA) is 47.3 Å². The summed E-state index contributed by atoms with van der Waals surface area (Å²) in [6.07, 6.45) is 0. The van der Waals surface area contributed by atoms with Gasteiger partial charge >= 0.3 is 0 Å². The molecular weight excluding hydrogens is 238 g/mol. The van der Waals surface area contributed by atoms with Crippen LogP contribution in [0.3, 0.4) is 0 Å². The van der Waals surface area contributed by atoms with Crippen molar-refractivity contribution in [2.45, 2.75) is 53.9 Å². The monoisotopic (exact) mass is 261 g/mol. The zero-order valence-corrected chi connectivity index (χ0v) is 13.0. The van der Waals surface area contributed by atoms with Crippen LogP contribution in [0.15, 0.2) is 4.79 Å². The highest BCUT2D eigenvalue weighted by Gasteiger charge is 2.21. The lowest BCUT2D eigenvalue weighted by Gasteiger charge is -2.14. The Kier molecular flexibility index (Phi) is 4.13. The molecule has 2 aromatic rings. The van der Waals surface area contributed by atoms with Crippen molar-refractivity contribution >= 4 is 12.2 Å². The maximum atomic E-state index is 11.7. The molecule has 2 rings (SSSR count). The van der Waals surface area contributed by atoms with Gasteiger partial charge in [0.1, 0.15) is 0 Å². The maximum Gasteiger partial charge on any atom is 0.276 e. The fourth-order valence-corrected chi connectivity index (χ4v) is 1.89. The van der Waals surface area contributed by atoms with Gasteiger partial charge < -0.3 is 0 Å². The molecule has 0 saturated heterocycles. The Labute approximate surface area is 114 Å². The molecular formula is C15H23N3O. The molecule has 0 radical (unpaired) electrons. The molecule has 0 unspecified atom stereocenters. The zero-order chi connectivity index (χ0) is 15.0. The predicted molar refractivity (Wildman–Crippen MR) is 79.5 cm³/mol. The van der Waals surface area contributed by atoms with Gasteiger partial charge in [-0.2, -0.15) is 10.1 Å². The van der Waals surface area contributed by atoms with Crippen LogP contribution in [0.2, 0.25) is 0 Å². The summed E-state index contributed by atoms with van der Waals surface area (Å²) in [4.78, 5) is 15.7. The number of hydrogen-bond donors (Lipinski definition) is 0. The highest BCUT2D eigenvalue weighted by Crippen LogP contribution is 2.17. The van der Waals surface area contributed by atoms with Crippen LogP contribution in [-0.4, -0.2) is 14.6 Å². The first-order valence-corrected chi connectivity index (χ1v) is 6.63. The maximum absolute atomic E-state index is 11.7. The van der Waals surface area contributed by atoms with Gasteiger partial charge in [0.15, 0.2) is 5.65 Å². The molecule has 0 aliphatic carbocycles. The quantitative estimate of drug-likeness (QED) is 0.730. The molecule has 0 aromatic carbocycles. The van der Waals surface area contributed by atoms with E-state index in [2.05, 4.69) is 37.4 Å². The molecule has 0 aliphatic rings. The number of hydrogen-bond acceptors (Lipinski definition) is 3. The van der Waals surface area contributed by atoms with E-state index in [4.69, 9.17) is 0 Å². The van der Waals surface area contributed by atoms with Crippen LogP contribution in [0.25, 0.3) is 12.2 Å². The van der Waals surface area contributed by atoms with Gasteiger partial charge in [0.25, 0.3) is 5.56 Å². The standard InChI is InChI=1S/C13H17N3O.C2H6/c1-7-9(3)16-11(14-12(7)17)8(2)10(15-16)13(4,5)6;1-2/h2H2,1,3-6H3;1-2H3. The fourth-order valence-electron chi connectivity index (χ4n) is 1.89. The van der Waals surface area contributed by atoms with E-state index >= 15 is 0 Å². The van der Waals surface area contributed by atoms with Gasteiger partial charge in [0.05, 0.1) is 5.69 Å². The first kappa shape index (κ1) is 15.3. The third-order valence-corrected chi connectivity index (χ3v) is 3.06. The minimum atomic E-state index is -0.194. The summed E-state index contributed by atoms with van der Waals surface area (Å²) in [6, 6.07) is 0. The Morgan fingerprint density at radius 1 is 1.16 bits per heavy atom. The lowest BCUT2D eigenvalue weighted by Crippen LogP contribution is -2.21. The van der Waals surface area contributed by atoms with E-state index in [1.165, 1.54) is 0 Å². The molecule has 2 aromatic heterocycles. The van der Waals surface area contributed by atoms with Crippen molar-refractivity contribution in [3.63, 3.8) is 0 Å². The third-order valence-electron chi connectivity index (χ3n) is 3.06. The van der Waals surface area contributed by atoms with Crippen LogP contribution in [-0.2, 0) is 5.41 Å². The Balaban J connectivity index is 0.000000861. The second-order valence-electron chi connectivity index (χ2n) is 5.44. The Morgan fingerprint density at radius 3 is 2.16 bits per heavy atom. The minimum Gasteiger partial charge on any atom is -0.267 e. The van der Waals surface area contributed by atoms with Crippen molar-refractivity contribution in [1.82, 2.24) is 14.6 Å². The summed E-state index contributed by atoms with van der Waals surface area (Å²) in [5.74, 6) is 0. The van der Waals surface area contributed by atoms with Gasteiger partial charge in [0, 0.05) is 21.9 Å². The second kappa shape index (κ2) is 5.11. The molecule has 0 N–H and O–H groups in total. The van der Waals surface area contributed by atoms with Gasteiger partial charge in [0.2, 0.25) is 0 Å². The predicted octanol–water partition coefficient (Wildman–Crippen LogP) is 2.16. The van der Waals surface area contributed by atoms with E-state index < -0.39 is 0 Å². The van der Waals surface area contributed by atoms with E-state index in [0.29, 0.717) is 11.2 Å². The second-order valence-corrected chi connectivity index (χ2v) is 5.44. The average molecular weight is 261 g/mol. The van der Waals surface area contributed by atoms with Crippen LogP contribution in [0.1, 0.15) is 51.6 Å². The first-order chi connectivity index (χ1) is 8.73. The summed E-state index contributed by atoms with van der Waals surface area (Å²) < 4.78 is 1.72. The lowest BCUT2D eigenvalue weighted by atomic mass is 9.91. The van der Waals surface area contributed by atoms with Crippen LogP contribution < -0.4 is 10.8 Å². The van der Waals surface area contributed by atoms with Crippen molar-refractivity contribution in [3.05, 3.63) is 32.5 Å². The summed E-state index contributed by atoms with van der Waals surface area (Å²) in [5, 5.41) is 5.29. The smallest absolute Gasteiger partial charge is 0.267 e. The molecule has 0 aliphatic heterocycles. The van der Waals surface area contributed by atoms with E-state index in [1.54, 1.807) is 11.4 Å². The van der Waals surface area contributed by atoms with E-state index in [0.717, 1.165) is 16.6 Å². The van der Waals surface area contributed by atoms with Crippen LogP contribution in [0, 0.1) is 13.8 Å². The van der Waals surface area contributed by atoms with Crippen LogP contribution in [0.4, 0.5) is 0 Å². The molecule has 0 fully saturated rings. The molecule has 0 spiro atoms. The van der Waals surface area contributed by atoms with Gasteiger partial charge in [-0.3, -0.25) is 4.79 Å². The molecule has 0 bridgehead atoms. The number of aryl methyl sites for hydroxylation is 1. The van der Waals surface area contributed by atoms with Crippen molar-refractivity contribution in [2.75, 3.05) is 0 Å². The average Bonchev–Trinajstić information content (AvgIpc) is 2.67. The Bertz CT molecular complexity index is 693. The van der Waals surface area contributed by atoms with Gasteiger partial charge in [-0.05, 0) is 13.8 Å². The Morgan fingerprint density at radius 2 is 1.68 bits per heavy atom. The molecule has 104 valence electrons. The van der Waals surface area contributed by atoms with Gasteiger partial charge in [-0.1, -0.05) is 41.2 Å². The molecule has 0 amide bonds. The van der Waals surface area contributed by atoms with Crippen LogP contribution in [0.5, 0.6) is 0 Å². The minimum absolute atomic E-state index is 0.103. The highest BCUT2D eigenvalue weighted by atomic mass is 16.1. The number of aromatic nitrogens is 3. The molecule has 0 saturated carbocycles. The normalized spacial score (nSPS) is 11.3. The summed E-state index contributed by atoms with van der Waals surface area (Å²) in [5.41, 5.74) is 2.64. The summed E-state index contributed by atoms with van der Waals surface area (Å²) >= 11 is 0. The molecule has 19 heavy (non-hydrogen) atoms. The van der Waals surface area contributed by atoms with Gasteiger partial charge in [-0.15, -0.1) is 0 Å². The number of rotatable bonds is 0. The molecule has 4 nitrogen and oxygen atoms in total. The highest BCUT2D eigenvalue weighted by molar-refractivity contribution is 5.46. The molecule has 2 heterocycles. The lowest BCUT2D eigenvalue weighted by molar-refractivity contribution is 0.558. The SMILES string of the molecule is C=c1c(C(C)(C)C)nn2c(C)c(C)c(=O)nc12.CC. The zero-order valence-electron chi connectivity index (χ0n) is 13.0. The van der Waals surface area contributed by atoms with Crippen LogP contribution >= 0.6 is 0 Å². The molecule has 4 heteroatoms. The van der Waals surface area contributed by atoms with E-state index in [1.807, 2.05) is 20.8 Å². The fraction of sp³-hybridized carbons (Fsp3) is 0.533. The van der Waals surface area contributed by atoms with Crippen molar-refractivity contribution in [3.8, 4) is 0 Å². The third kappa shape index (κ3) is 2.53.